The van der Waals surface area contributed by atoms with Crippen molar-refractivity contribution in [3.63, 3.8) is 0 Å². The van der Waals surface area contributed by atoms with Gasteiger partial charge in [0, 0.05) is 36.6 Å². The molecule has 0 spiro atoms. The number of hydrogen-bond donors (Lipinski definition) is 1. The third kappa shape index (κ3) is 6.10. The summed E-state index contributed by atoms with van der Waals surface area (Å²) in [6, 6.07) is 7.85. The molecule has 0 saturated carbocycles. The Kier molecular flexibility index (Phi) is 7.33. The highest BCUT2D eigenvalue weighted by Crippen LogP contribution is 2.22. The molecule has 1 aromatic carbocycles. The molecule has 0 unspecified atom stereocenters. The summed E-state index contributed by atoms with van der Waals surface area (Å²) in [5.41, 5.74) is 2.66. The van der Waals surface area contributed by atoms with E-state index in [1.54, 1.807) is 14.0 Å². The van der Waals surface area contributed by atoms with Crippen LogP contribution in [0.25, 0.3) is 11.5 Å². The molecule has 0 aliphatic heterocycles. The molecule has 1 aromatic heterocycles. The fraction of sp³-hybridized carbons (Fsp3) is 0.444. The Bertz CT molecular complexity index is 725. The Labute approximate surface area is 150 Å². The molecule has 0 radical (unpaired) electrons. The lowest BCUT2D eigenvalue weighted by atomic mass is 10.1. The second kappa shape index (κ2) is 9.48. The molecular formula is C18H24N2O4S. The van der Waals surface area contributed by atoms with Gasteiger partial charge in [-0.2, -0.15) is 0 Å². The molecule has 0 fully saturated rings. The van der Waals surface area contributed by atoms with E-state index in [1.807, 2.05) is 31.2 Å². The summed E-state index contributed by atoms with van der Waals surface area (Å²) in [7, 11) is 0.282. The van der Waals surface area contributed by atoms with E-state index < -0.39 is 10.8 Å². The largest absolute Gasteiger partial charge is 0.441 e. The van der Waals surface area contributed by atoms with Crippen LogP contribution in [0.3, 0.4) is 0 Å². The maximum absolute atomic E-state index is 12.2. The van der Waals surface area contributed by atoms with Crippen molar-refractivity contribution in [1.29, 1.82) is 0 Å². The maximum Gasteiger partial charge on any atom is 0.232 e. The van der Waals surface area contributed by atoms with E-state index in [9.17, 15) is 9.00 Å². The summed E-state index contributed by atoms with van der Waals surface area (Å²) in [6.45, 7) is 4.91. The van der Waals surface area contributed by atoms with Gasteiger partial charge in [-0.3, -0.25) is 9.00 Å². The van der Waals surface area contributed by atoms with Crippen LogP contribution in [-0.4, -0.2) is 41.1 Å². The van der Waals surface area contributed by atoms with Crippen molar-refractivity contribution in [3.05, 3.63) is 41.3 Å². The van der Waals surface area contributed by atoms with Gasteiger partial charge in [0.1, 0.15) is 11.5 Å². The highest BCUT2D eigenvalue weighted by molar-refractivity contribution is 7.84. The third-order valence-corrected chi connectivity index (χ3v) is 4.81. The van der Waals surface area contributed by atoms with Crippen molar-refractivity contribution in [2.24, 2.45) is 0 Å². The number of amides is 1. The smallest absolute Gasteiger partial charge is 0.232 e. The summed E-state index contributed by atoms with van der Waals surface area (Å²) in [5.74, 6) is 1.07. The fourth-order valence-electron chi connectivity index (χ4n) is 2.23. The second-order valence-corrected chi connectivity index (χ2v) is 7.27. The molecule has 7 heteroatoms. The number of ether oxygens (including phenoxy) is 1. The SMILES string of the molecule is COCCCNC(=O)C[S@@](=O)Cc1nc(-c2ccc(C)cc2)oc1C. The Morgan fingerprint density at radius 2 is 2.00 bits per heavy atom. The molecule has 0 aliphatic rings. The number of aryl methyl sites for hydroxylation is 2. The minimum Gasteiger partial charge on any atom is -0.441 e. The number of methoxy groups -OCH3 is 1. The Morgan fingerprint density at radius 3 is 2.68 bits per heavy atom. The summed E-state index contributed by atoms with van der Waals surface area (Å²) < 4.78 is 22.8. The van der Waals surface area contributed by atoms with Crippen molar-refractivity contribution in [2.75, 3.05) is 26.0 Å². The summed E-state index contributed by atoms with van der Waals surface area (Å²) in [4.78, 5) is 16.2. The van der Waals surface area contributed by atoms with Gasteiger partial charge in [-0.25, -0.2) is 4.98 Å². The molecule has 2 aromatic rings. The lowest BCUT2D eigenvalue weighted by molar-refractivity contribution is -0.118. The summed E-state index contributed by atoms with van der Waals surface area (Å²) >= 11 is 0. The van der Waals surface area contributed by atoms with Crippen molar-refractivity contribution >= 4 is 16.7 Å². The van der Waals surface area contributed by atoms with Gasteiger partial charge in [0.05, 0.1) is 11.4 Å². The van der Waals surface area contributed by atoms with Gasteiger partial charge in [-0.05, 0) is 32.4 Å². The minimum atomic E-state index is -1.33. The minimum absolute atomic E-state index is 0.0425. The fourth-order valence-corrected chi connectivity index (χ4v) is 3.30. The molecule has 2 rings (SSSR count). The van der Waals surface area contributed by atoms with Crippen LogP contribution in [0.15, 0.2) is 28.7 Å². The molecule has 0 bridgehead atoms. The number of aromatic nitrogens is 1. The van der Waals surface area contributed by atoms with Gasteiger partial charge in [0.2, 0.25) is 11.8 Å². The zero-order chi connectivity index (χ0) is 18.2. The maximum atomic E-state index is 12.2. The van der Waals surface area contributed by atoms with Gasteiger partial charge < -0.3 is 14.5 Å². The molecule has 1 heterocycles. The van der Waals surface area contributed by atoms with Crippen LogP contribution in [0.1, 0.15) is 23.4 Å². The predicted octanol–water partition coefficient (Wildman–Crippen LogP) is 2.36. The predicted molar refractivity (Wildman–Crippen MR) is 97.6 cm³/mol. The molecule has 6 nitrogen and oxygen atoms in total. The summed E-state index contributed by atoms with van der Waals surface area (Å²) in [6.07, 6.45) is 0.733. The number of carbonyl (C=O) groups is 1. The number of hydrogen-bond acceptors (Lipinski definition) is 5. The highest BCUT2D eigenvalue weighted by atomic mass is 32.2. The molecule has 1 atom stereocenters. The number of nitrogens with zero attached hydrogens (tertiary/aromatic N) is 1. The highest BCUT2D eigenvalue weighted by Gasteiger charge is 2.15. The quantitative estimate of drug-likeness (QED) is 0.691. The van der Waals surface area contributed by atoms with Crippen LogP contribution in [0.5, 0.6) is 0 Å². The van der Waals surface area contributed by atoms with E-state index in [0.717, 1.165) is 17.5 Å². The van der Waals surface area contributed by atoms with Crippen molar-refractivity contribution in [1.82, 2.24) is 10.3 Å². The van der Waals surface area contributed by atoms with Crippen LogP contribution in [0, 0.1) is 13.8 Å². The molecule has 0 aliphatic carbocycles. The van der Waals surface area contributed by atoms with Gasteiger partial charge >= 0.3 is 0 Å². The van der Waals surface area contributed by atoms with E-state index in [2.05, 4.69) is 10.3 Å². The number of carbonyl (C=O) groups excluding carboxylic acids is 1. The monoisotopic (exact) mass is 364 g/mol. The van der Waals surface area contributed by atoms with Crippen LogP contribution in [0.2, 0.25) is 0 Å². The third-order valence-electron chi connectivity index (χ3n) is 3.63. The lowest BCUT2D eigenvalue weighted by Gasteiger charge is -2.04. The van der Waals surface area contributed by atoms with E-state index in [0.29, 0.717) is 30.5 Å². The first-order valence-electron chi connectivity index (χ1n) is 8.13. The number of oxazole rings is 1. The lowest BCUT2D eigenvalue weighted by Crippen LogP contribution is -2.30. The van der Waals surface area contributed by atoms with E-state index >= 15 is 0 Å². The zero-order valence-corrected chi connectivity index (χ0v) is 15.6. The standard InChI is InChI=1S/C18H24N2O4S/c1-13-5-7-15(8-6-13)18-20-16(14(2)24-18)11-25(22)12-17(21)19-9-4-10-23-3/h5-8H,4,9-12H2,1-3H3,(H,19,21)/t25-/m0/s1. The molecule has 0 saturated heterocycles. The van der Waals surface area contributed by atoms with Gasteiger partial charge in [0.15, 0.2) is 0 Å². The first-order valence-corrected chi connectivity index (χ1v) is 9.62. The number of nitrogens with one attached hydrogen (secondary N) is 1. The number of rotatable bonds is 9. The Morgan fingerprint density at radius 1 is 1.28 bits per heavy atom. The van der Waals surface area contributed by atoms with E-state index in [4.69, 9.17) is 9.15 Å². The molecule has 1 N–H and O–H groups in total. The zero-order valence-electron chi connectivity index (χ0n) is 14.8. The van der Waals surface area contributed by atoms with E-state index in [1.165, 1.54) is 0 Å². The van der Waals surface area contributed by atoms with Gasteiger partial charge in [-0.1, -0.05) is 17.7 Å². The van der Waals surface area contributed by atoms with Crippen LogP contribution >= 0.6 is 0 Å². The molecule has 1 amide bonds. The second-order valence-electron chi connectivity index (χ2n) is 5.81. The number of benzene rings is 1. The van der Waals surface area contributed by atoms with Crippen LogP contribution < -0.4 is 5.32 Å². The van der Waals surface area contributed by atoms with Gasteiger partial charge in [0.25, 0.3) is 0 Å². The average Bonchev–Trinajstić information content (AvgIpc) is 2.93. The summed E-state index contributed by atoms with van der Waals surface area (Å²) in [5, 5.41) is 2.73. The molecular weight excluding hydrogens is 340 g/mol. The normalized spacial score (nSPS) is 12.1. The molecule has 136 valence electrons. The van der Waals surface area contributed by atoms with E-state index in [-0.39, 0.29) is 17.4 Å². The van der Waals surface area contributed by atoms with Crippen molar-refractivity contribution in [2.45, 2.75) is 26.0 Å². The first-order chi connectivity index (χ1) is 12.0. The van der Waals surface area contributed by atoms with Crippen LogP contribution in [0.4, 0.5) is 0 Å². The topological polar surface area (TPSA) is 81.4 Å². The molecule has 25 heavy (non-hydrogen) atoms. The Balaban J connectivity index is 1.90. The van der Waals surface area contributed by atoms with Gasteiger partial charge in [-0.15, -0.1) is 0 Å². The Hall–Kier alpha value is -1.99. The average molecular weight is 364 g/mol. The van der Waals surface area contributed by atoms with Crippen molar-refractivity contribution in [3.8, 4) is 11.5 Å². The first kappa shape index (κ1) is 19.3. The van der Waals surface area contributed by atoms with Crippen molar-refractivity contribution < 1.29 is 18.2 Å². The van der Waals surface area contributed by atoms with Crippen LogP contribution in [-0.2, 0) is 26.1 Å².